The first-order valence-corrected chi connectivity index (χ1v) is 12.0. The van der Waals surface area contributed by atoms with Gasteiger partial charge in [0.15, 0.2) is 0 Å². The summed E-state index contributed by atoms with van der Waals surface area (Å²) in [6.07, 6.45) is 1.93. The van der Waals surface area contributed by atoms with Crippen molar-refractivity contribution in [1.82, 2.24) is 0 Å². The molecule has 184 valence electrons. The second kappa shape index (κ2) is 8.88. The van der Waals surface area contributed by atoms with E-state index in [-0.39, 0.29) is 36.0 Å². The van der Waals surface area contributed by atoms with E-state index in [2.05, 4.69) is 13.8 Å². The van der Waals surface area contributed by atoms with Gasteiger partial charge in [0.2, 0.25) is 0 Å². The molecule has 0 aromatic rings. The van der Waals surface area contributed by atoms with Crippen molar-refractivity contribution in [2.24, 2.45) is 23.7 Å². The Labute approximate surface area is 192 Å². The van der Waals surface area contributed by atoms with Gasteiger partial charge < -0.3 is 24.1 Å². The third-order valence-corrected chi connectivity index (χ3v) is 8.37. The molecule has 7 heteroatoms. The van der Waals surface area contributed by atoms with Crippen LogP contribution < -0.4 is 0 Å². The third kappa shape index (κ3) is 4.58. The van der Waals surface area contributed by atoms with E-state index in [0.29, 0.717) is 31.1 Å². The molecule has 3 aliphatic rings. The van der Waals surface area contributed by atoms with Crippen LogP contribution in [0.15, 0.2) is 0 Å². The molecule has 1 N–H and O–H groups in total. The average Bonchev–Trinajstić information content (AvgIpc) is 3.01. The second-order valence-corrected chi connectivity index (χ2v) is 11.3. The summed E-state index contributed by atoms with van der Waals surface area (Å²) in [7, 11) is 1.60. The van der Waals surface area contributed by atoms with Gasteiger partial charge in [0, 0.05) is 39.2 Å². The number of rotatable bonds is 4. The first-order valence-electron chi connectivity index (χ1n) is 12.0. The van der Waals surface area contributed by atoms with Gasteiger partial charge in [-0.3, -0.25) is 9.59 Å². The van der Waals surface area contributed by atoms with E-state index in [1.807, 2.05) is 13.8 Å². The minimum atomic E-state index is -1.14. The third-order valence-electron chi connectivity index (χ3n) is 8.37. The molecular weight excluding hydrogens is 412 g/mol. The van der Waals surface area contributed by atoms with Crippen molar-refractivity contribution in [2.75, 3.05) is 7.11 Å². The Hall–Kier alpha value is -1.18. The molecule has 2 bridgehead atoms. The standard InChI is InChI=1S/C25H42O7/c1-14(2)17-9-11-24(6,31-15(3)26)21-18-13-23(5,28)19(29-8)10-12-25(7,32-16(4)27)22(30-18)20(17)21/h14,17-22,28H,9-13H2,1-8H3/t17-,18-,19+,20-,21-,22-,23+,24-,25-/m0/s1. The molecule has 3 rings (SSSR count). The molecule has 2 aliphatic heterocycles. The van der Waals surface area contributed by atoms with Gasteiger partial charge in [-0.05, 0) is 58.3 Å². The first-order chi connectivity index (χ1) is 14.7. The van der Waals surface area contributed by atoms with E-state index in [1.165, 1.54) is 13.8 Å². The lowest BCUT2D eigenvalue weighted by Crippen LogP contribution is -2.57. The van der Waals surface area contributed by atoms with Crippen LogP contribution >= 0.6 is 0 Å². The predicted molar refractivity (Wildman–Crippen MR) is 119 cm³/mol. The number of carbonyl (C=O) groups is 2. The highest BCUT2D eigenvalue weighted by Gasteiger charge is 2.65. The molecule has 0 aromatic heterocycles. The number of ether oxygens (including phenoxy) is 4. The smallest absolute Gasteiger partial charge is 0.303 e. The van der Waals surface area contributed by atoms with Gasteiger partial charge in [-0.1, -0.05) is 13.8 Å². The summed E-state index contributed by atoms with van der Waals surface area (Å²) in [4.78, 5) is 24.3. The van der Waals surface area contributed by atoms with Crippen molar-refractivity contribution in [3.8, 4) is 0 Å². The number of carbonyl (C=O) groups excluding carboxylic acids is 2. The summed E-state index contributed by atoms with van der Waals surface area (Å²) in [6.45, 7) is 13.0. The summed E-state index contributed by atoms with van der Waals surface area (Å²) < 4.78 is 24.4. The van der Waals surface area contributed by atoms with Crippen LogP contribution in [0.1, 0.15) is 80.6 Å². The lowest BCUT2D eigenvalue weighted by atomic mass is 9.57. The molecule has 9 atom stereocenters. The fraction of sp³-hybridized carbons (Fsp3) is 0.920. The Morgan fingerprint density at radius 3 is 2.09 bits per heavy atom. The minimum Gasteiger partial charge on any atom is -0.459 e. The lowest BCUT2D eigenvalue weighted by Gasteiger charge is -2.51. The highest BCUT2D eigenvalue weighted by Crippen LogP contribution is 2.58. The predicted octanol–water partition coefficient (Wildman–Crippen LogP) is 3.65. The fourth-order valence-corrected chi connectivity index (χ4v) is 7.07. The lowest BCUT2D eigenvalue weighted by molar-refractivity contribution is -0.182. The molecule has 0 aromatic carbocycles. The number of methoxy groups -OCH3 is 1. The van der Waals surface area contributed by atoms with Gasteiger partial charge >= 0.3 is 11.9 Å². The number of aliphatic hydroxyl groups is 1. The van der Waals surface area contributed by atoms with Crippen molar-refractivity contribution in [3.63, 3.8) is 0 Å². The van der Waals surface area contributed by atoms with Crippen molar-refractivity contribution in [1.29, 1.82) is 0 Å². The second-order valence-electron chi connectivity index (χ2n) is 11.3. The Bertz CT molecular complexity index is 719. The van der Waals surface area contributed by atoms with E-state index < -0.39 is 22.9 Å². The maximum atomic E-state index is 12.2. The molecule has 1 aliphatic carbocycles. The first kappa shape index (κ1) is 25.4. The van der Waals surface area contributed by atoms with Crippen LogP contribution in [0.25, 0.3) is 0 Å². The van der Waals surface area contributed by atoms with Gasteiger partial charge in [0.25, 0.3) is 0 Å². The molecule has 2 saturated heterocycles. The van der Waals surface area contributed by atoms with Gasteiger partial charge in [0.1, 0.15) is 17.3 Å². The average molecular weight is 455 g/mol. The normalized spacial score (nSPS) is 46.6. The van der Waals surface area contributed by atoms with Crippen LogP contribution in [0.2, 0.25) is 0 Å². The quantitative estimate of drug-likeness (QED) is 0.648. The summed E-state index contributed by atoms with van der Waals surface area (Å²) >= 11 is 0. The van der Waals surface area contributed by atoms with Crippen LogP contribution in [0.3, 0.4) is 0 Å². The van der Waals surface area contributed by atoms with Crippen LogP contribution in [0.5, 0.6) is 0 Å². The van der Waals surface area contributed by atoms with Crippen LogP contribution in [0.4, 0.5) is 0 Å². The molecule has 0 unspecified atom stereocenters. The monoisotopic (exact) mass is 454 g/mol. The fourth-order valence-electron chi connectivity index (χ4n) is 7.07. The summed E-state index contributed by atoms with van der Waals surface area (Å²) in [5, 5.41) is 11.4. The minimum absolute atomic E-state index is 0.0392. The molecule has 1 saturated carbocycles. The van der Waals surface area contributed by atoms with Gasteiger partial charge in [-0.15, -0.1) is 0 Å². The molecule has 3 fully saturated rings. The van der Waals surface area contributed by atoms with E-state index in [4.69, 9.17) is 18.9 Å². The SMILES string of the molecule is CO[C@@H]1CC[C@](C)(OC(C)=O)[C@H]2O[C@@H](C[C@@]1(C)O)[C@H]1[C@@H]2[C@H](C(C)C)CC[C@]1(C)OC(C)=O. The molecule has 0 spiro atoms. The molecule has 32 heavy (non-hydrogen) atoms. The zero-order chi connectivity index (χ0) is 24.1. The topological polar surface area (TPSA) is 91.3 Å². The van der Waals surface area contributed by atoms with Crippen LogP contribution in [-0.4, -0.2) is 59.3 Å². The summed E-state index contributed by atoms with van der Waals surface area (Å²) in [5.74, 6) is -0.0162. The number of esters is 2. The van der Waals surface area contributed by atoms with Crippen molar-refractivity contribution >= 4 is 11.9 Å². The zero-order valence-corrected chi connectivity index (χ0v) is 21.0. The zero-order valence-electron chi connectivity index (χ0n) is 21.0. The van der Waals surface area contributed by atoms with Gasteiger partial charge in [-0.25, -0.2) is 0 Å². The number of hydrogen-bond acceptors (Lipinski definition) is 7. The van der Waals surface area contributed by atoms with Gasteiger partial charge in [-0.2, -0.15) is 0 Å². The molecular formula is C25H42O7. The summed E-state index contributed by atoms with van der Waals surface area (Å²) in [5.41, 5.74) is -2.72. The van der Waals surface area contributed by atoms with Gasteiger partial charge in [0.05, 0.1) is 17.8 Å². The van der Waals surface area contributed by atoms with Crippen LogP contribution in [0, 0.1) is 23.7 Å². The van der Waals surface area contributed by atoms with Crippen molar-refractivity contribution in [3.05, 3.63) is 0 Å². The van der Waals surface area contributed by atoms with E-state index >= 15 is 0 Å². The Balaban J connectivity index is 2.16. The Morgan fingerprint density at radius 2 is 1.56 bits per heavy atom. The highest BCUT2D eigenvalue weighted by molar-refractivity contribution is 5.67. The van der Waals surface area contributed by atoms with E-state index in [9.17, 15) is 14.7 Å². The summed E-state index contributed by atoms with van der Waals surface area (Å²) in [6, 6.07) is 0. The molecule has 2 heterocycles. The Morgan fingerprint density at radius 1 is 1.00 bits per heavy atom. The maximum absolute atomic E-state index is 12.2. The van der Waals surface area contributed by atoms with E-state index in [0.717, 1.165) is 12.8 Å². The highest BCUT2D eigenvalue weighted by atomic mass is 16.6. The van der Waals surface area contributed by atoms with Crippen LogP contribution in [-0.2, 0) is 28.5 Å². The molecule has 0 amide bonds. The molecule has 7 nitrogen and oxygen atoms in total. The van der Waals surface area contributed by atoms with E-state index in [1.54, 1.807) is 14.0 Å². The Kier molecular flexibility index (Phi) is 7.06. The van der Waals surface area contributed by atoms with Crippen molar-refractivity contribution in [2.45, 2.75) is 116 Å². The largest absolute Gasteiger partial charge is 0.459 e. The molecule has 0 radical (unpaired) electrons. The maximum Gasteiger partial charge on any atom is 0.303 e. The number of fused-ring (bicyclic) bond motifs is 5. The number of hydrogen-bond donors (Lipinski definition) is 1. The van der Waals surface area contributed by atoms with Crippen molar-refractivity contribution < 1.29 is 33.6 Å².